The molecule has 1 aromatic heterocycles. The van der Waals surface area contributed by atoms with Crippen LogP contribution in [0.5, 0.6) is 5.75 Å². The summed E-state index contributed by atoms with van der Waals surface area (Å²) in [4.78, 5) is 25.3. The maximum absolute atomic E-state index is 12.8. The molecule has 1 aromatic carbocycles. The SMILES string of the molecule is CCCC1=C(N)C(=O)c2oc(Cc3ccc(OC)cc3)c(C)c2C1=O. The number of hydrogen-bond donors (Lipinski definition) is 1. The molecular weight excluding hydrogens is 318 g/mol. The first-order chi connectivity index (χ1) is 12.0. The number of benzene rings is 1. The molecule has 0 saturated heterocycles. The number of furan rings is 1. The average Bonchev–Trinajstić information content (AvgIpc) is 2.94. The van der Waals surface area contributed by atoms with Crippen molar-refractivity contribution in [3.63, 3.8) is 0 Å². The highest BCUT2D eigenvalue weighted by Gasteiger charge is 2.36. The van der Waals surface area contributed by atoms with Crippen LogP contribution in [0.15, 0.2) is 40.0 Å². The number of fused-ring (bicyclic) bond motifs is 1. The van der Waals surface area contributed by atoms with Gasteiger partial charge in [-0.2, -0.15) is 0 Å². The van der Waals surface area contributed by atoms with Crippen LogP contribution in [-0.4, -0.2) is 18.7 Å². The molecule has 0 spiro atoms. The number of carbonyl (C=O) groups excluding carboxylic acids is 2. The lowest BCUT2D eigenvalue weighted by atomic mass is 9.87. The Hall–Kier alpha value is -2.82. The summed E-state index contributed by atoms with van der Waals surface area (Å²) in [6, 6.07) is 7.59. The lowest BCUT2D eigenvalue weighted by Crippen LogP contribution is -2.25. The molecule has 1 aliphatic carbocycles. The zero-order chi connectivity index (χ0) is 18.1. The number of methoxy groups -OCH3 is 1. The minimum absolute atomic E-state index is 0.0177. The van der Waals surface area contributed by atoms with E-state index in [4.69, 9.17) is 14.9 Å². The van der Waals surface area contributed by atoms with E-state index in [-0.39, 0.29) is 23.0 Å². The molecule has 0 bridgehead atoms. The number of carbonyl (C=O) groups is 2. The van der Waals surface area contributed by atoms with E-state index in [2.05, 4.69) is 0 Å². The minimum atomic E-state index is -0.387. The highest BCUT2D eigenvalue weighted by Crippen LogP contribution is 2.33. The summed E-state index contributed by atoms with van der Waals surface area (Å²) in [5.41, 5.74) is 8.40. The molecule has 0 radical (unpaired) electrons. The zero-order valence-corrected chi connectivity index (χ0v) is 14.6. The lowest BCUT2D eigenvalue weighted by molar-refractivity contribution is 0.0950. The van der Waals surface area contributed by atoms with E-state index in [9.17, 15) is 9.59 Å². The summed E-state index contributed by atoms with van der Waals surface area (Å²) in [7, 11) is 1.61. The predicted octanol–water partition coefficient (Wildman–Crippen LogP) is 3.58. The minimum Gasteiger partial charge on any atom is -0.497 e. The van der Waals surface area contributed by atoms with Crippen LogP contribution in [0.2, 0.25) is 0 Å². The number of ketones is 2. The van der Waals surface area contributed by atoms with Gasteiger partial charge in [-0.25, -0.2) is 0 Å². The van der Waals surface area contributed by atoms with Crippen molar-refractivity contribution < 1.29 is 18.7 Å². The normalized spacial score (nSPS) is 14.0. The third-order valence-electron chi connectivity index (χ3n) is 4.55. The van der Waals surface area contributed by atoms with Crippen molar-refractivity contribution in [2.24, 2.45) is 5.73 Å². The fourth-order valence-corrected chi connectivity index (χ4v) is 3.12. The van der Waals surface area contributed by atoms with Gasteiger partial charge in [0.2, 0.25) is 5.78 Å². The van der Waals surface area contributed by atoms with Crippen molar-refractivity contribution in [1.82, 2.24) is 0 Å². The lowest BCUT2D eigenvalue weighted by Gasteiger charge is -2.14. The van der Waals surface area contributed by atoms with Gasteiger partial charge in [0.15, 0.2) is 11.5 Å². The van der Waals surface area contributed by atoms with Crippen molar-refractivity contribution in [1.29, 1.82) is 0 Å². The Morgan fingerprint density at radius 1 is 1.12 bits per heavy atom. The van der Waals surface area contributed by atoms with Gasteiger partial charge in [-0.1, -0.05) is 25.5 Å². The molecule has 0 atom stereocenters. The molecule has 2 aromatic rings. The Morgan fingerprint density at radius 3 is 2.40 bits per heavy atom. The van der Waals surface area contributed by atoms with Gasteiger partial charge < -0.3 is 14.9 Å². The second-order valence-electron chi connectivity index (χ2n) is 6.18. The van der Waals surface area contributed by atoms with Crippen molar-refractivity contribution in [3.8, 4) is 5.75 Å². The quantitative estimate of drug-likeness (QED) is 0.900. The molecule has 0 unspecified atom stereocenters. The molecule has 2 N–H and O–H groups in total. The second-order valence-corrected chi connectivity index (χ2v) is 6.18. The number of hydrogen-bond acceptors (Lipinski definition) is 5. The Kier molecular flexibility index (Phi) is 4.49. The summed E-state index contributed by atoms with van der Waals surface area (Å²) >= 11 is 0. The van der Waals surface area contributed by atoms with Gasteiger partial charge in [-0.15, -0.1) is 0 Å². The molecule has 5 nitrogen and oxygen atoms in total. The van der Waals surface area contributed by atoms with E-state index in [0.717, 1.165) is 17.7 Å². The molecule has 130 valence electrons. The number of allylic oxidation sites excluding steroid dienone is 2. The second kappa shape index (κ2) is 6.59. The zero-order valence-electron chi connectivity index (χ0n) is 14.6. The molecule has 1 aliphatic rings. The van der Waals surface area contributed by atoms with Gasteiger partial charge in [0.1, 0.15) is 11.5 Å². The summed E-state index contributed by atoms with van der Waals surface area (Å²) in [5, 5.41) is 0. The van der Waals surface area contributed by atoms with Crippen LogP contribution in [-0.2, 0) is 6.42 Å². The highest BCUT2D eigenvalue weighted by molar-refractivity contribution is 6.26. The molecule has 0 aliphatic heterocycles. The number of rotatable bonds is 5. The van der Waals surface area contributed by atoms with Gasteiger partial charge in [0.05, 0.1) is 18.4 Å². The molecule has 5 heteroatoms. The van der Waals surface area contributed by atoms with E-state index >= 15 is 0 Å². The molecule has 0 saturated carbocycles. The molecule has 25 heavy (non-hydrogen) atoms. The smallest absolute Gasteiger partial charge is 0.244 e. The number of ether oxygens (including phenoxy) is 1. The maximum atomic E-state index is 12.8. The summed E-state index contributed by atoms with van der Waals surface area (Å²) in [6.45, 7) is 3.77. The van der Waals surface area contributed by atoms with Crippen molar-refractivity contribution in [2.45, 2.75) is 33.1 Å². The number of nitrogens with two attached hydrogens (primary N) is 1. The summed E-state index contributed by atoms with van der Waals surface area (Å²) in [5.74, 6) is 0.884. The topological polar surface area (TPSA) is 82.5 Å². The Labute approximate surface area is 146 Å². The Balaban J connectivity index is 1.98. The van der Waals surface area contributed by atoms with E-state index in [0.29, 0.717) is 35.3 Å². The van der Waals surface area contributed by atoms with E-state index in [1.807, 2.05) is 38.1 Å². The van der Waals surface area contributed by atoms with Crippen LogP contribution in [0, 0.1) is 6.92 Å². The van der Waals surface area contributed by atoms with Gasteiger partial charge in [0.25, 0.3) is 0 Å². The maximum Gasteiger partial charge on any atom is 0.244 e. The van der Waals surface area contributed by atoms with Crippen LogP contribution in [0.4, 0.5) is 0 Å². The van der Waals surface area contributed by atoms with Gasteiger partial charge in [-0.05, 0) is 31.0 Å². The molecule has 0 fully saturated rings. The fraction of sp³-hybridized carbons (Fsp3) is 0.300. The molecule has 3 rings (SSSR count). The first kappa shape index (κ1) is 17.0. The van der Waals surface area contributed by atoms with Crippen LogP contribution < -0.4 is 10.5 Å². The van der Waals surface area contributed by atoms with Crippen molar-refractivity contribution in [3.05, 3.63) is 63.7 Å². The van der Waals surface area contributed by atoms with Gasteiger partial charge in [0, 0.05) is 17.6 Å². The molecule has 0 amide bonds. The summed E-state index contributed by atoms with van der Waals surface area (Å²) < 4.78 is 10.9. The Bertz CT molecular complexity index is 872. The monoisotopic (exact) mass is 339 g/mol. The van der Waals surface area contributed by atoms with Crippen molar-refractivity contribution >= 4 is 11.6 Å². The largest absolute Gasteiger partial charge is 0.497 e. The van der Waals surface area contributed by atoms with Gasteiger partial charge in [-0.3, -0.25) is 9.59 Å². The van der Waals surface area contributed by atoms with Crippen LogP contribution >= 0.6 is 0 Å². The van der Waals surface area contributed by atoms with Crippen molar-refractivity contribution in [2.75, 3.05) is 7.11 Å². The van der Waals surface area contributed by atoms with Crippen LogP contribution in [0.3, 0.4) is 0 Å². The summed E-state index contributed by atoms with van der Waals surface area (Å²) in [6.07, 6.45) is 1.74. The van der Waals surface area contributed by atoms with E-state index < -0.39 is 0 Å². The third kappa shape index (κ3) is 2.86. The van der Waals surface area contributed by atoms with Crippen LogP contribution in [0.1, 0.15) is 57.6 Å². The van der Waals surface area contributed by atoms with Gasteiger partial charge >= 0.3 is 0 Å². The first-order valence-corrected chi connectivity index (χ1v) is 8.31. The average molecular weight is 339 g/mol. The van der Waals surface area contributed by atoms with Crippen LogP contribution in [0.25, 0.3) is 0 Å². The highest BCUT2D eigenvalue weighted by atomic mass is 16.5. The Morgan fingerprint density at radius 2 is 1.80 bits per heavy atom. The number of Topliss-reactive ketones (excluding diaryl/α,β-unsaturated/α-hetero) is 2. The predicted molar refractivity (Wildman–Crippen MR) is 94.0 cm³/mol. The fourth-order valence-electron chi connectivity index (χ4n) is 3.12. The van der Waals surface area contributed by atoms with E-state index in [1.165, 1.54) is 0 Å². The first-order valence-electron chi connectivity index (χ1n) is 8.31. The standard InChI is InChI=1S/C20H21NO4/c1-4-5-14-17(21)19(23)20-16(18(14)22)11(2)15(25-20)10-12-6-8-13(24-3)9-7-12/h6-9H,4-5,10,21H2,1-3H3. The molecular formula is C20H21NO4. The van der Waals surface area contributed by atoms with E-state index in [1.54, 1.807) is 7.11 Å². The molecule has 1 heterocycles. The third-order valence-corrected chi connectivity index (χ3v) is 4.55.